The van der Waals surface area contributed by atoms with Gasteiger partial charge in [-0.05, 0) is 25.3 Å². The minimum absolute atomic E-state index is 0.0422. The van der Waals surface area contributed by atoms with E-state index < -0.39 is 4.92 Å². The Kier molecular flexibility index (Phi) is 5.10. The third-order valence-electron chi connectivity index (χ3n) is 3.63. The second kappa shape index (κ2) is 7.03. The van der Waals surface area contributed by atoms with Crippen LogP contribution in [0.4, 0.5) is 5.69 Å². The molecule has 1 fully saturated rings. The van der Waals surface area contributed by atoms with Gasteiger partial charge in [0.15, 0.2) is 12.4 Å². The highest BCUT2D eigenvalue weighted by atomic mass is 16.6. The van der Waals surface area contributed by atoms with Gasteiger partial charge < -0.3 is 15.4 Å². The summed E-state index contributed by atoms with van der Waals surface area (Å²) < 4.78 is 5.33. The number of benzene rings is 1. The summed E-state index contributed by atoms with van der Waals surface area (Å²) >= 11 is 0. The predicted octanol–water partition coefficient (Wildman–Crippen LogP) is 1.31. The number of amides is 1. The molecule has 2 rings (SSSR count). The standard InChI is InChI=1S/C14H19N3O4/c15-9-11-5-3-4-8-16(11)14(18)10-21-13-7-2-1-6-12(13)17(19)20/h1-2,6-7,11H,3-5,8-10,15H2. The van der Waals surface area contributed by atoms with E-state index in [0.717, 1.165) is 19.3 Å². The predicted molar refractivity (Wildman–Crippen MR) is 77.0 cm³/mol. The zero-order chi connectivity index (χ0) is 15.2. The largest absolute Gasteiger partial charge is 0.477 e. The number of nitro benzene ring substituents is 1. The van der Waals surface area contributed by atoms with Crippen LogP contribution in [0.15, 0.2) is 24.3 Å². The summed E-state index contributed by atoms with van der Waals surface area (Å²) in [6, 6.07) is 6.07. The van der Waals surface area contributed by atoms with Crippen LogP contribution in [0.2, 0.25) is 0 Å². The molecule has 1 aliphatic heterocycles. The first-order valence-corrected chi connectivity index (χ1v) is 6.99. The molecule has 1 heterocycles. The van der Waals surface area contributed by atoms with Crippen molar-refractivity contribution in [2.75, 3.05) is 19.7 Å². The van der Waals surface area contributed by atoms with Crippen molar-refractivity contribution >= 4 is 11.6 Å². The highest BCUT2D eigenvalue weighted by molar-refractivity contribution is 5.78. The van der Waals surface area contributed by atoms with E-state index in [1.165, 1.54) is 12.1 Å². The lowest BCUT2D eigenvalue weighted by Crippen LogP contribution is -2.49. The second-order valence-corrected chi connectivity index (χ2v) is 4.99. The highest BCUT2D eigenvalue weighted by Crippen LogP contribution is 2.26. The molecular formula is C14H19N3O4. The quantitative estimate of drug-likeness (QED) is 0.652. The summed E-state index contributed by atoms with van der Waals surface area (Å²) in [5.74, 6) is -0.0690. The summed E-state index contributed by atoms with van der Waals surface area (Å²) in [5.41, 5.74) is 5.54. The monoisotopic (exact) mass is 293 g/mol. The number of carbonyl (C=O) groups excluding carboxylic acids is 1. The molecule has 0 bridgehead atoms. The fraction of sp³-hybridized carbons (Fsp3) is 0.500. The summed E-state index contributed by atoms with van der Waals surface area (Å²) in [5, 5.41) is 10.9. The van der Waals surface area contributed by atoms with Crippen LogP contribution in [0.3, 0.4) is 0 Å². The van der Waals surface area contributed by atoms with Crippen molar-refractivity contribution in [2.24, 2.45) is 5.73 Å². The van der Waals surface area contributed by atoms with Gasteiger partial charge in [-0.25, -0.2) is 0 Å². The number of likely N-dealkylation sites (tertiary alicyclic amines) is 1. The maximum Gasteiger partial charge on any atom is 0.310 e. The van der Waals surface area contributed by atoms with Crippen LogP contribution in [0.25, 0.3) is 0 Å². The second-order valence-electron chi connectivity index (χ2n) is 4.99. The zero-order valence-corrected chi connectivity index (χ0v) is 11.7. The van der Waals surface area contributed by atoms with E-state index in [1.807, 2.05) is 0 Å². The summed E-state index contributed by atoms with van der Waals surface area (Å²) in [6.45, 7) is 0.888. The first-order valence-electron chi connectivity index (χ1n) is 6.99. The van der Waals surface area contributed by atoms with Gasteiger partial charge in [0.1, 0.15) is 0 Å². The maximum absolute atomic E-state index is 12.2. The molecule has 1 saturated heterocycles. The van der Waals surface area contributed by atoms with Crippen LogP contribution in [0, 0.1) is 10.1 Å². The van der Waals surface area contributed by atoms with Crippen molar-refractivity contribution in [3.63, 3.8) is 0 Å². The summed E-state index contributed by atoms with van der Waals surface area (Å²) in [7, 11) is 0. The molecule has 21 heavy (non-hydrogen) atoms. The number of ether oxygens (including phenoxy) is 1. The Morgan fingerprint density at radius 1 is 1.43 bits per heavy atom. The van der Waals surface area contributed by atoms with Gasteiger partial charge in [-0.15, -0.1) is 0 Å². The van der Waals surface area contributed by atoms with E-state index in [4.69, 9.17) is 10.5 Å². The lowest BCUT2D eigenvalue weighted by atomic mass is 10.0. The van der Waals surface area contributed by atoms with E-state index in [2.05, 4.69) is 0 Å². The Morgan fingerprint density at radius 2 is 2.19 bits per heavy atom. The van der Waals surface area contributed by atoms with Gasteiger partial charge in [0.25, 0.3) is 5.91 Å². The van der Waals surface area contributed by atoms with Crippen molar-refractivity contribution in [3.8, 4) is 5.75 Å². The van der Waals surface area contributed by atoms with Crippen LogP contribution in [0.1, 0.15) is 19.3 Å². The highest BCUT2D eigenvalue weighted by Gasteiger charge is 2.26. The van der Waals surface area contributed by atoms with Crippen molar-refractivity contribution in [3.05, 3.63) is 34.4 Å². The average Bonchev–Trinajstić information content (AvgIpc) is 2.52. The summed E-state index contributed by atoms with van der Waals surface area (Å²) in [6.07, 6.45) is 2.91. The van der Waals surface area contributed by atoms with E-state index in [0.29, 0.717) is 13.1 Å². The molecule has 0 saturated carbocycles. The smallest absolute Gasteiger partial charge is 0.310 e. The van der Waals surface area contributed by atoms with Crippen molar-refractivity contribution in [1.29, 1.82) is 0 Å². The fourth-order valence-corrected chi connectivity index (χ4v) is 2.53. The van der Waals surface area contributed by atoms with E-state index >= 15 is 0 Å². The Labute approximate surface area is 122 Å². The molecule has 114 valence electrons. The molecular weight excluding hydrogens is 274 g/mol. The van der Waals surface area contributed by atoms with Crippen LogP contribution < -0.4 is 10.5 Å². The van der Waals surface area contributed by atoms with E-state index in [9.17, 15) is 14.9 Å². The minimum Gasteiger partial charge on any atom is -0.477 e. The number of piperidine rings is 1. The topological polar surface area (TPSA) is 98.7 Å². The first kappa shape index (κ1) is 15.2. The number of hydrogen-bond acceptors (Lipinski definition) is 5. The maximum atomic E-state index is 12.2. The molecule has 1 aromatic rings. The van der Waals surface area contributed by atoms with Gasteiger partial charge in [0, 0.05) is 25.2 Å². The third kappa shape index (κ3) is 3.69. The third-order valence-corrected chi connectivity index (χ3v) is 3.63. The van der Waals surface area contributed by atoms with Crippen molar-refractivity contribution < 1.29 is 14.5 Å². The normalized spacial score (nSPS) is 18.3. The first-order chi connectivity index (χ1) is 10.1. The van der Waals surface area contributed by atoms with Crippen LogP contribution in [0.5, 0.6) is 5.75 Å². The molecule has 0 radical (unpaired) electrons. The molecule has 0 spiro atoms. The molecule has 1 aliphatic rings. The number of nitrogens with zero attached hydrogens (tertiary/aromatic N) is 2. The number of para-hydroxylation sites is 2. The molecule has 1 amide bonds. The number of carbonyl (C=O) groups is 1. The van der Waals surface area contributed by atoms with Crippen LogP contribution >= 0.6 is 0 Å². The number of hydrogen-bond donors (Lipinski definition) is 1. The zero-order valence-electron chi connectivity index (χ0n) is 11.7. The summed E-state index contributed by atoms with van der Waals surface area (Å²) in [4.78, 5) is 24.3. The number of rotatable bonds is 5. The van der Waals surface area contributed by atoms with Gasteiger partial charge in [-0.3, -0.25) is 14.9 Å². The average molecular weight is 293 g/mol. The molecule has 0 aromatic heterocycles. The minimum atomic E-state index is -0.524. The van der Waals surface area contributed by atoms with E-state index in [1.54, 1.807) is 17.0 Å². The van der Waals surface area contributed by atoms with Crippen molar-refractivity contribution in [1.82, 2.24) is 4.90 Å². The van der Waals surface area contributed by atoms with Gasteiger partial charge in [-0.2, -0.15) is 0 Å². The number of nitro groups is 1. The Morgan fingerprint density at radius 3 is 2.90 bits per heavy atom. The van der Waals surface area contributed by atoms with Gasteiger partial charge in [0.05, 0.1) is 4.92 Å². The Balaban J connectivity index is 1.99. The molecule has 7 heteroatoms. The molecule has 1 atom stereocenters. The SMILES string of the molecule is NCC1CCCCN1C(=O)COc1ccccc1[N+](=O)[O-]. The molecule has 0 aliphatic carbocycles. The number of nitrogens with two attached hydrogens (primary N) is 1. The van der Waals surface area contributed by atoms with Gasteiger partial charge in [-0.1, -0.05) is 12.1 Å². The lowest BCUT2D eigenvalue weighted by molar-refractivity contribution is -0.385. The van der Waals surface area contributed by atoms with Crippen LogP contribution in [-0.2, 0) is 4.79 Å². The molecule has 1 aromatic carbocycles. The molecule has 2 N–H and O–H groups in total. The van der Waals surface area contributed by atoms with Gasteiger partial charge >= 0.3 is 5.69 Å². The fourth-order valence-electron chi connectivity index (χ4n) is 2.53. The Hall–Kier alpha value is -2.15. The van der Waals surface area contributed by atoms with Crippen molar-refractivity contribution in [2.45, 2.75) is 25.3 Å². The lowest BCUT2D eigenvalue weighted by Gasteiger charge is -2.34. The van der Waals surface area contributed by atoms with Gasteiger partial charge in [0.2, 0.25) is 0 Å². The van der Waals surface area contributed by atoms with E-state index in [-0.39, 0.29) is 30.0 Å². The van der Waals surface area contributed by atoms with Crippen LogP contribution in [-0.4, -0.2) is 41.5 Å². The molecule has 1 unspecified atom stereocenters. The molecule has 7 nitrogen and oxygen atoms in total. The Bertz CT molecular complexity index is 521.